The number of amides is 2. The quantitative estimate of drug-likeness (QED) is 0.820. The summed E-state index contributed by atoms with van der Waals surface area (Å²) in [4.78, 5) is 26.9. The average molecular weight is 417 g/mol. The van der Waals surface area contributed by atoms with Gasteiger partial charge in [-0.25, -0.2) is 0 Å². The minimum Gasteiger partial charge on any atom is -0.497 e. The maximum absolute atomic E-state index is 12.6. The van der Waals surface area contributed by atoms with E-state index in [9.17, 15) is 9.59 Å². The number of rotatable bonds is 4. The van der Waals surface area contributed by atoms with Gasteiger partial charge in [-0.2, -0.15) is 0 Å². The first kappa shape index (κ1) is 18.5. The van der Waals surface area contributed by atoms with E-state index in [1.165, 1.54) is 0 Å². The van der Waals surface area contributed by atoms with Gasteiger partial charge in [0.15, 0.2) is 0 Å². The molecule has 0 aromatic heterocycles. The van der Waals surface area contributed by atoms with Crippen molar-refractivity contribution >= 4 is 33.4 Å². The second kappa shape index (κ2) is 8.36. The third-order valence-electron chi connectivity index (χ3n) is 4.56. The zero-order chi connectivity index (χ0) is 18.5. The Morgan fingerprint density at radius 1 is 1.12 bits per heavy atom. The van der Waals surface area contributed by atoms with Gasteiger partial charge >= 0.3 is 0 Å². The van der Waals surface area contributed by atoms with E-state index < -0.39 is 0 Å². The van der Waals surface area contributed by atoms with Gasteiger partial charge in [-0.15, -0.1) is 0 Å². The predicted octanol–water partition coefficient (Wildman–Crippen LogP) is 3.95. The first-order chi connectivity index (χ1) is 12.6. The molecule has 1 N–H and O–H groups in total. The maximum atomic E-state index is 12.6. The lowest BCUT2D eigenvalue weighted by molar-refractivity contribution is -0.121. The molecular weight excluding hydrogens is 396 g/mol. The summed E-state index contributed by atoms with van der Waals surface area (Å²) in [7, 11) is 1.58. The van der Waals surface area contributed by atoms with Crippen molar-refractivity contribution in [2.75, 3.05) is 25.5 Å². The molecule has 1 fully saturated rings. The van der Waals surface area contributed by atoms with Gasteiger partial charge < -0.3 is 15.0 Å². The standard InChI is InChI=1S/C20H21BrN2O3/c1-26-18-7-2-4-15(12-18)20(25)23-10-8-14(9-11-23)19(24)22-17-6-3-5-16(21)13-17/h2-7,12-14H,8-11H2,1H3,(H,22,24). The lowest BCUT2D eigenvalue weighted by Gasteiger charge is -2.31. The SMILES string of the molecule is COc1cccc(C(=O)N2CCC(C(=O)Nc3cccc(Br)c3)CC2)c1. The molecule has 2 aromatic carbocycles. The van der Waals surface area contributed by atoms with Gasteiger partial charge in [0.1, 0.15) is 5.75 Å². The molecule has 1 heterocycles. The summed E-state index contributed by atoms with van der Waals surface area (Å²) >= 11 is 3.40. The summed E-state index contributed by atoms with van der Waals surface area (Å²) in [5.41, 5.74) is 1.39. The Morgan fingerprint density at radius 3 is 2.54 bits per heavy atom. The van der Waals surface area contributed by atoms with Crippen molar-refractivity contribution in [3.63, 3.8) is 0 Å². The molecule has 0 unspecified atom stereocenters. The minimum absolute atomic E-state index is 0.0107. The molecule has 26 heavy (non-hydrogen) atoms. The van der Waals surface area contributed by atoms with E-state index in [2.05, 4.69) is 21.2 Å². The molecule has 0 atom stereocenters. The molecule has 0 radical (unpaired) electrons. The first-order valence-electron chi connectivity index (χ1n) is 8.56. The van der Waals surface area contributed by atoms with Crippen LogP contribution in [0.2, 0.25) is 0 Å². The Hall–Kier alpha value is -2.34. The predicted molar refractivity (Wildman–Crippen MR) is 104 cm³/mol. The Bertz CT molecular complexity index is 801. The monoisotopic (exact) mass is 416 g/mol. The summed E-state index contributed by atoms with van der Waals surface area (Å²) in [5, 5.41) is 2.95. The van der Waals surface area contributed by atoms with Gasteiger partial charge in [0, 0.05) is 34.7 Å². The fourth-order valence-corrected chi connectivity index (χ4v) is 3.49. The summed E-state index contributed by atoms with van der Waals surface area (Å²) in [6, 6.07) is 14.7. The summed E-state index contributed by atoms with van der Waals surface area (Å²) < 4.78 is 6.10. The highest BCUT2D eigenvalue weighted by Crippen LogP contribution is 2.23. The molecule has 1 aliphatic heterocycles. The van der Waals surface area contributed by atoms with Crippen molar-refractivity contribution in [1.82, 2.24) is 4.90 Å². The second-order valence-corrected chi connectivity index (χ2v) is 7.21. The molecule has 1 saturated heterocycles. The van der Waals surface area contributed by atoms with Gasteiger partial charge in [0.2, 0.25) is 5.91 Å². The number of halogens is 1. The number of carbonyl (C=O) groups is 2. The van der Waals surface area contributed by atoms with E-state index in [1.807, 2.05) is 36.4 Å². The average Bonchev–Trinajstić information content (AvgIpc) is 2.67. The zero-order valence-corrected chi connectivity index (χ0v) is 16.2. The highest BCUT2D eigenvalue weighted by molar-refractivity contribution is 9.10. The number of nitrogens with one attached hydrogen (secondary N) is 1. The molecule has 136 valence electrons. The van der Waals surface area contributed by atoms with Crippen molar-refractivity contribution in [1.29, 1.82) is 0 Å². The smallest absolute Gasteiger partial charge is 0.253 e. The molecule has 2 aromatic rings. The Labute approximate surface area is 161 Å². The first-order valence-corrected chi connectivity index (χ1v) is 9.36. The van der Waals surface area contributed by atoms with Crippen LogP contribution in [0.4, 0.5) is 5.69 Å². The van der Waals surface area contributed by atoms with Crippen LogP contribution in [-0.4, -0.2) is 36.9 Å². The minimum atomic E-state index is -0.0802. The number of nitrogens with zero attached hydrogens (tertiary/aromatic N) is 1. The number of likely N-dealkylation sites (tertiary alicyclic amines) is 1. The summed E-state index contributed by atoms with van der Waals surface area (Å²) in [6.45, 7) is 1.15. The number of anilines is 1. The maximum Gasteiger partial charge on any atom is 0.253 e. The molecule has 0 bridgehead atoms. The highest BCUT2D eigenvalue weighted by atomic mass is 79.9. The van der Waals surface area contributed by atoms with E-state index in [1.54, 1.807) is 24.1 Å². The lowest BCUT2D eigenvalue weighted by Crippen LogP contribution is -2.41. The van der Waals surface area contributed by atoms with Gasteiger partial charge in [-0.3, -0.25) is 9.59 Å². The fourth-order valence-electron chi connectivity index (χ4n) is 3.09. The second-order valence-electron chi connectivity index (χ2n) is 6.30. The number of hydrogen-bond acceptors (Lipinski definition) is 3. The largest absolute Gasteiger partial charge is 0.497 e. The van der Waals surface area contributed by atoms with Crippen molar-refractivity contribution < 1.29 is 14.3 Å². The number of carbonyl (C=O) groups excluding carboxylic acids is 2. The van der Waals surface area contributed by atoms with Gasteiger partial charge in [0.05, 0.1) is 7.11 Å². The summed E-state index contributed by atoms with van der Waals surface area (Å²) in [6.07, 6.45) is 1.32. The number of piperidine rings is 1. The topological polar surface area (TPSA) is 58.6 Å². The molecule has 0 saturated carbocycles. The fraction of sp³-hybridized carbons (Fsp3) is 0.300. The molecular formula is C20H21BrN2O3. The lowest BCUT2D eigenvalue weighted by atomic mass is 9.95. The van der Waals surface area contributed by atoms with Crippen LogP contribution in [0.5, 0.6) is 5.75 Å². The molecule has 6 heteroatoms. The molecule has 5 nitrogen and oxygen atoms in total. The molecule has 0 aliphatic carbocycles. The van der Waals surface area contributed by atoms with Crippen LogP contribution in [0.15, 0.2) is 53.0 Å². The van der Waals surface area contributed by atoms with Crippen molar-refractivity contribution in [3.05, 3.63) is 58.6 Å². The Morgan fingerprint density at radius 2 is 1.85 bits per heavy atom. The molecule has 0 spiro atoms. The van der Waals surface area contributed by atoms with Gasteiger partial charge in [0.25, 0.3) is 5.91 Å². The van der Waals surface area contributed by atoms with Crippen LogP contribution in [-0.2, 0) is 4.79 Å². The zero-order valence-electron chi connectivity index (χ0n) is 14.6. The van der Waals surface area contributed by atoms with E-state index >= 15 is 0 Å². The van der Waals surface area contributed by atoms with Crippen molar-refractivity contribution in [3.8, 4) is 5.75 Å². The van der Waals surface area contributed by atoms with Crippen LogP contribution in [0.3, 0.4) is 0 Å². The van der Waals surface area contributed by atoms with Crippen molar-refractivity contribution in [2.45, 2.75) is 12.8 Å². The van der Waals surface area contributed by atoms with Crippen LogP contribution < -0.4 is 10.1 Å². The third-order valence-corrected chi connectivity index (χ3v) is 5.06. The molecule has 1 aliphatic rings. The number of ether oxygens (including phenoxy) is 1. The van der Waals surface area contributed by atoms with Crippen LogP contribution in [0, 0.1) is 5.92 Å². The van der Waals surface area contributed by atoms with Crippen LogP contribution in [0.1, 0.15) is 23.2 Å². The van der Waals surface area contributed by atoms with E-state index in [0.717, 1.165) is 10.2 Å². The van der Waals surface area contributed by atoms with Gasteiger partial charge in [-0.05, 0) is 49.2 Å². The third kappa shape index (κ3) is 4.43. The number of benzene rings is 2. The van der Waals surface area contributed by atoms with Crippen LogP contribution in [0.25, 0.3) is 0 Å². The molecule has 2 amide bonds. The molecule has 3 rings (SSSR count). The number of methoxy groups -OCH3 is 1. The van der Waals surface area contributed by atoms with Gasteiger partial charge in [-0.1, -0.05) is 28.1 Å². The van der Waals surface area contributed by atoms with E-state index in [-0.39, 0.29) is 17.7 Å². The Balaban J connectivity index is 1.56. The van der Waals surface area contributed by atoms with Crippen molar-refractivity contribution in [2.24, 2.45) is 5.92 Å². The normalized spacial score (nSPS) is 14.8. The summed E-state index contributed by atoms with van der Waals surface area (Å²) in [5.74, 6) is 0.578. The van der Waals surface area contributed by atoms with Crippen LogP contribution >= 0.6 is 15.9 Å². The van der Waals surface area contributed by atoms with E-state index in [4.69, 9.17) is 4.74 Å². The number of hydrogen-bond donors (Lipinski definition) is 1. The highest BCUT2D eigenvalue weighted by Gasteiger charge is 2.28. The van der Waals surface area contributed by atoms with E-state index in [0.29, 0.717) is 37.2 Å². The Kier molecular flexibility index (Phi) is 5.93.